The molecule has 2 nitrogen and oxygen atoms in total. The molecule has 90 valence electrons. The van der Waals surface area contributed by atoms with Gasteiger partial charge in [0.1, 0.15) is 0 Å². The summed E-state index contributed by atoms with van der Waals surface area (Å²) in [6.07, 6.45) is 1.23. The molecule has 0 aliphatic rings. The average Bonchev–Trinajstić information content (AvgIpc) is 2.25. The molecule has 1 aromatic carbocycles. The van der Waals surface area contributed by atoms with E-state index >= 15 is 0 Å². The van der Waals surface area contributed by atoms with Crippen LogP contribution in [-0.4, -0.2) is 25.5 Å². The minimum Gasteiger partial charge on any atom is -0.385 e. The van der Waals surface area contributed by atoms with Crippen molar-refractivity contribution in [2.24, 2.45) is 5.92 Å². The summed E-state index contributed by atoms with van der Waals surface area (Å²) in [5, 5.41) is 3.49. The Morgan fingerprint density at radius 3 is 2.69 bits per heavy atom. The van der Waals surface area contributed by atoms with Crippen molar-refractivity contribution < 1.29 is 0 Å². The highest BCUT2D eigenvalue weighted by Gasteiger charge is 2.00. The Morgan fingerprint density at radius 1 is 1.31 bits per heavy atom. The summed E-state index contributed by atoms with van der Waals surface area (Å²) in [6.45, 7) is 6.56. The summed E-state index contributed by atoms with van der Waals surface area (Å²) in [6, 6.07) is 8.68. The molecule has 0 saturated carbocycles. The van der Waals surface area contributed by atoms with E-state index in [2.05, 4.69) is 62.4 Å². The molecular formula is C14H24N2. The molecule has 0 aliphatic carbocycles. The fraction of sp³-hybridized carbons (Fsp3) is 0.571. The van der Waals surface area contributed by atoms with Crippen LogP contribution in [-0.2, 0) is 6.54 Å². The number of rotatable bonds is 6. The van der Waals surface area contributed by atoms with E-state index < -0.39 is 0 Å². The third kappa shape index (κ3) is 4.67. The van der Waals surface area contributed by atoms with Crippen LogP contribution in [0.15, 0.2) is 24.3 Å². The highest BCUT2D eigenvalue weighted by Crippen LogP contribution is 2.13. The first-order valence-electron chi connectivity index (χ1n) is 6.09. The highest BCUT2D eigenvalue weighted by atomic mass is 15.0. The number of nitrogens with one attached hydrogen (secondary N) is 1. The minimum atomic E-state index is 0.734. The van der Waals surface area contributed by atoms with Gasteiger partial charge in [0.05, 0.1) is 0 Å². The second kappa shape index (κ2) is 6.54. The molecular weight excluding hydrogens is 196 g/mol. The van der Waals surface area contributed by atoms with Crippen molar-refractivity contribution in [3.63, 3.8) is 0 Å². The molecule has 0 spiro atoms. The fourth-order valence-electron chi connectivity index (χ4n) is 1.58. The maximum absolute atomic E-state index is 3.49. The van der Waals surface area contributed by atoms with Gasteiger partial charge in [-0.15, -0.1) is 0 Å². The zero-order chi connectivity index (χ0) is 12.0. The molecule has 0 heterocycles. The number of nitrogens with zero attached hydrogens (tertiary/aromatic N) is 1. The van der Waals surface area contributed by atoms with E-state index in [4.69, 9.17) is 0 Å². The third-order valence-corrected chi connectivity index (χ3v) is 2.78. The molecule has 1 unspecified atom stereocenters. The van der Waals surface area contributed by atoms with Gasteiger partial charge in [0.25, 0.3) is 0 Å². The number of anilines is 1. The van der Waals surface area contributed by atoms with Crippen molar-refractivity contribution in [3.05, 3.63) is 29.8 Å². The second-order valence-electron chi connectivity index (χ2n) is 4.83. The van der Waals surface area contributed by atoms with Crippen LogP contribution in [0.3, 0.4) is 0 Å². The molecule has 2 heteroatoms. The van der Waals surface area contributed by atoms with Gasteiger partial charge in [-0.05, 0) is 37.7 Å². The molecule has 0 fully saturated rings. The molecule has 1 rings (SSSR count). The van der Waals surface area contributed by atoms with Crippen LogP contribution >= 0.6 is 0 Å². The lowest BCUT2D eigenvalue weighted by molar-refractivity contribution is 0.402. The maximum Gasteiger partial charge on any atom is 0.0343 e. The normalized spacial score (nSPS) is 12.8. The highest BCUT2D eigenvalue weighted by molar-refractivity contribution is 5.45. The third-order valence-electron chi connectivity index (χ3n) is 2.78. The average molecular weight is 220 g/mol. The van der Waals surface area contributed by atoms with E-state index in [-0.39, 0.29) is 0 Å². The van der Waals surface area contributed by atoms with Gasteiger partial charge in [-0.1, -0.05) is 32.4 Å². The van der Waals surface area contributed by atoms with Crippen LogP contribution in [0.2, 0.25) is 0 Å². The summed E-state index contributed by atoms with van der Waals surface area (Å²) in [4.78, 5) is 2.19. The number of hydrogen-bond acceptors (Lipinski definition) is 2. The van der Waals surface area contributed by atoms with Crippen LogP contribution in [0.4, 0.5) is 5.69 Å². The van der Waals surface area contributed by atoms with Gasteiger partial charge in [-0.3, -0.25) is 0 Å². The van der Waals surface area contributed by atoms with E-state index in [1.807, 2.05) is 0 Å². The van der Waals surface area contributed by atoms with Crippen LogP contribution in [0, 0.1) is 5.92 Å². The summed E-state index contributed by atoms with van der Waals surface area (Å²) in [5.41, 5.74) is 2.60. The second-order valence-corrected chi connectivity index (χ2v) is 4.83. The van der Waals surface area contributed by atoms with E-state index in [0.717, 1.165) is 19.0 Å². The van der Waals surface area contributed by atoms with E-state index in [0.29, 0.717) is 0 Å². The van der Waals surface area contributed by atoms with Crippen molar-refractivity contribution >= 4 is 5.69 Å². The molecule has 16 heavy (non-hydrogen) atoms. The molecule has 0 radical (unpaired) electrons. The van der Waals surface area contributed by atoms with Gasteiger partial charge in [-0.2, -0.15) is 0 Å². The SMILES string of the molecule is CCC(C)CNc1cccc(CN(C)C)c1. The zero-order valence-electron chi connectivity index (χ0n) is 11.0. The zero-order valence-corrected chi connectivity index (χ0v) is 11.0. The lowest BCUT2D eigenvalue weighted by Gasteiger charge is -2.14. The first kappa shape index (κ1) is 13.0. The van der Waals surface area contributed by atoms with Crippen molar-refractivity contribution in [3.8, 4) is 0 Å². The van der Waals surface area contributed by atoms with Gasteiger partial charge in [-0.25, -0.2) is 0 Å². The largest absolute Gasteiger partial charge is 0.385 e. The van der Waals surface area contributed by atoms with Crippen molar-refractivity contribution in [1.29, 1.82) is 0 Å². The molecule has 0 bridgehead atoms. The predicted molar refractivity (Wildman–Crippen MR) is 71.8 cm³/mol. The van der Waals surface area contributed by atoms with Gasteiger partial charge >= 0.3 is 0 Å². The molecule has 1 atom stereocenters. The van der Waals surface area contributed by atoms with E-state index in [9.17, 15) is 0 Å². The lowest BCUT2D eigenvalue weighted by Crippen LogP contribution is -2.12. The summed E-state index contributed by atoms with van der Waals surface area (Å²) in [5.74, 6) is 0.734. The Morgan fingerprint density at radius 2 is 2.06 bits per heavy atom. The van der Waals surface area contributed by atoms with E-state index in [1.54, 1.807) is 0 Å². The van der Waals surface area contributed by atoms with Crippen molar-refractivity contribution in [1.82, 2.24) is 4.90 Å². The van der Waals surface area contributed by atoms with E-state index in [1.165, 1.54) is 17.7 Å². The minimum absolute atomic E-state index is 0.734. The van der Waals surface area contributed by atoms with Gasteiger partial charge in [0.15, 0.2) is 0 Å². The molecule has 0 aliphatic heterocycles. The lowest BCUT2D eigenvalue weighted by atomic mass is 10.1. The predicted octanol–water partition coefficient (Wildman–Crippen LogP) is 3.21. The van der Waals surface area contributed by atoms with Crippen LogP contribution in [0.5, 0.6) is 0 Å². The van der Waals surface area contributed by atoms with Crippen LogP contribution < -0.4 is 5.32 Å². The fourth-order valence-corrected chi connectivity index (χ4v) is 1.58. The Kier molecular flexibility index (Phi) is 5.33. The monoisotopic (exact) mass is 220 g/mol. The van der Waals surface area contributed by atoms with Crippen molar-refractivity contribution in [2.45, 2.75) is 26.8 Å². The number of benzene rings is 1. The first-order chi connectivity index (χ1) is 7.61. The standard InChI is InChI=1S/C14H24N2/c1-5-12(2)10-15-14-8-6-7-13(9-14)11-16(3)4/h6-9,12,15H,5,10-11H2,1-4H3. The smallest absolute Gasteiger partial charge is 0.0343 e. The van der Waals surface area contributed by atoms with Gasteiger partial charge in [0.2, 0.25) is 0 Å². The molecule has 0 aromatic heterocycles. The van der Waals surface area contributed by atoms with Crippen LogP contribution in [0.1, 0.15) is 25.8 Å². The Hall–Kier alpha value is -1.02. The Bertz CT molecular complexity index is 307. The van der Waals surface area contributed by atoms with Gasteiger partial charge in [0, 0.05) is 18.8 Å². The molecule has 0 amide bonds. The number of hydrogen-bond donors (Lipinski definition) is 1. The van der Waals surface area contributed by atoms with Crippen molar-refractivity contribution in [2.75, 3.05) is 26.0 Å². The topological polar surface area (TPSA) is 15.3 Å². The molecule has 0 saturated heterocycles. The molecule has 1 N–H and O–H groups in total. The van der Waals surface area contributed by atoms with Gasteiger partial charge < -0.3 is 10.2 Å². The first-order valence-corrected chi connectivity index (χ1v) is 6.09. The summed E-state index contributed by atoms with van der Waals surface area (Å²) >= 11 is 0. The maximum atomic E-state index is 3.49. The Balaban J connectivity index is 2.53. The quantitative estimate of drug-likeness (QED) is 0.792. The Labute approximate surface area is 99.7 Å². The molecule has 1 aromatic rings. The van der Waals surface area contributed by atoms with Crippen LogP contribution in [0.25, 0.3) is 0 Å². The summed E-state index contributed by atoms with van der Waals surface area (Å²) < 4.78 is 0. The summed E-state index contributed by atoms with van der Waals surface area (Å²) in [7, 11) is 4.19.